The minimum absolute atomic E-state index is 0.0565. The molecule has 4 nitrogen and oxygen atoms in total. The first kappa shape index (κ1) is 15.3. The molecular weight excluding hydrogens is 268 g/mol. The largest absolute Gasteiger partial charge is 0.483 e. The maximum Gasteiger partial charge on any atom is 0.290 e. The second kappa shape index (κ2) is 7.09. The molecule has 0 fully saturated rings. The Balaban J connectivity index is 0.000000497. The number of aryl methyl sites for hydroxylation is 1. The molecule has 0 saturated heterocycles. The molecule has 112 valence electrons. The minimum Gasteiger partial charge on any atom is -0.483 e. The van der Waals surface area contributed by atoms with E-state index in [1.54, 1.807) is 0 Å². The van der Waals surface area contributed by atoms with E-state index in [0.29, 0.717) is 0 Å². The molecule has 1 aliphatic carbocycles. The third-order valence-electron chi connectivity index (χ3n) is 3.87. The molecule has 0 amide bonds. The Morgan fingerprint density at radius 2 is 1.90 bits per heavy atom. The SMILES string of the molecule is Cc1c(-c2ccccc2CO)oc2c1CCCC2.O=CO. The monoisotopic (exact) mass is 288 g/mol. The summed E-state index contributed by atoms with van der Waals surface area (Å²) < 4.78 is 6.05. The van der Waals surface area contributed by atoms with Gasteiger partial charge in [-0.25, -0.2) is 0 Å². The lowest BCUT2D eigenvalue weighted by Gasteiger charge is -2.08. The van der Waals surface area contributed by atoms with E-state index in [9.17, 15) is 5.11 Å². The summed E-state index contributed by atoms with van der Waals surface area (Å²) in [5.41, 5.74) is 4.62. The van der Waals surface area contributed by atoms with Gasteiger partial charge in [-0.3, -0.25) is 4.79 Å². The van der Waals surface area contributed by atoms with Gasteiger partial charge in [0.15, 0.2) is 0 Å². The lowest BCUT2D eigenvalue weighted by Crippen LogP contribution is -1.99. The van der Waals surface area contributed by atoms with Crippen LogP contribution in [-0.4, -0.2) is 16.7 Å². The third-order valence-corrected chi connectivity index (χ3v) is 3.87. The van der Waals surface area contributed by atoms with Crippen LogP contribution in [0.5, 0.6) is 0 Å². The van der Waals surface area contributed by atoms with E-state index >= 15 is 0 Å². The summed E-state index contributed by atoms with van der Waals surface area (Å²) in [5.74, 6) is 2.10. The smallest absolute Gasteiger partial charge is 0.290 e. The quantitative estimate of drug-likeness (QED) is 0.832. The van der Waals surface area contributed by atoms with Gasteiger partial charge in [0.2, 0.25) is 0 Å². The van der Waals surface area contributed by atoms with Crippen molar-refractivity contribution in [3.8, 4) is 11.3 Å². The Kier molecular flexibility index (Phi) is 5.17. The van der Waals surface area contributed by atoms with E-state index in [4.69, 9.17) is 14.3 Å². The van der Waals surface area contributed by atoms with Crippen molar-refractivity contribution in [1.29, 1.82) is 0 Å². The zero-order chi connectivity index (χ0) is 15.2. The van der Waals surface area contributed by atoms with Crippen molar-refractivity contribution in [2.24, 2.45) is 0 Å². The highest BCUT2D eigenvalue weighted by Crippen LogP contribution is 2.36. The Morgan fingerprint density at radius 1 is 1.24 bits per heavy atom. The molecule has 21 heavy (non-hydrogen) atoms. The Labute approximate surface area is 124 Å². The normalized spacial score (nSPS) is 13.0. The molecule has 0 aliphatic heterocycles. The van der Waals surface area contributed by atoms with Crippen LogP contribution in [0, 0.1) is 6.92 Å². The molecule has 1 aromatic carbocycles. The third kappa shape index (κ3) is 3.16. The molecule has 2 N–H and O–H groups in total. The predicted octanol–water partition coefficient (Wildman–Crippen LogP) is 3.33. The molecule has 2 aromatic rings. The number of carboxylic acid groups (broad SMARTS) is 1. The number of fused-ring (bicyclic) bond motifs is 1. The van der Waals surface area contributed by atoms with E-state index < -0.39 is 0 Å². The number of carbonyl (C=O) groups is 1. The molecule has 0 spiro atoms. The van der Waals surface area contributed by atoms with Crippen LogP contribution in [0.3, 0.4) is 0 Å². The number of aliphatic hydroxyl groups excluding tert-OH is 1. The zero-order valence-electron chi connectivity index (χ0n) is 12.1. The maximum atomic E-state index is 9.43. The standard InChI is InChI=1S/C16H18O2.CH2O2/c1-11-13-7-4-5-9-15(13)18-16(11)14-8-3-2-6-12(14)10-17;2-1-3/h2-3,6,8,17H,4-5,7,9-10H2,1H3;1H,(H,2,3). The highest BCUT2D eigenvalue weighted by molar-refractivity contribution is 5.67. The number of aliphatic hydroxyl groups is 1. The van der Waals surface area contributed by atoms with Crippen molar-refractivity contribution in [3.63, 3.8) is 0 Å². The van der Waals surface area contributed by atoms with Gasteiger partial charge in [0.05, 0.1) is 6.61 Å². The summed E-state index contributed by atoms with van der Waals surface area (Å²) in [6.07, 6.45) is 4.67. The van der Waals surface area contributed by atoms with E-state index in [0.717, 1.165) is 35.5 Å². The molecule has 4 heteroatoms. The van der Waals surface area contributed by atoms with Crippen molar-refractivity contribution in [2.75, 3.05) is 0 Å². The second-order valence-corrected chi connectivity index (χ2v) is 5.09. The second-order valence-electron chi connectivity index (χ2n) is 5.09. The van der Waals surface area contributed by atoms with Gasteiger partial charge in [-0.1, -0.05) is 24.3 Å². The summed E-state index contributed by atoms with van der Waals surface area (Å²) in [6, 6.07) is 7.93. The van der Waals surface area contributed by atoms with Crippen molar-refractivity contribution >= 4 is 6.47 Å². The first-order valence-electron chi connectivity index (χ1n) is 7.11. The van der Waals surface area contributed by atoms with Crippen LogP contribution in [0.1, 0.15) is 35.3 Å². The molecule has 1 heterocycles. The van der Waals surface area contributed by atoms with Crippen LogP contribution in [0.15, 0.2) is 28.7 Å². The van der Waals surface area contributed by atoms with E-state index in [1.165, 1.54) is 24.0 Å². The Morgan fingerprint density at radius 3 is 2.57 bits per heavy atom. The van der Waals surface area contributed by atoms with Gasteiger partial charge in [-0.2, -0.15) is 0 Å². The zero-order valence-corrected chi connectivity index (χ0v) is 12.1. The average Bonchev–Trinajstić information content (AvgIpc) is 2.85. The molecule has 0 radical (unpaired) electrons. The van der Waals surface area contributed by atoms with E-state index in [1.807, 2.05) is 24.3 Å². The number of furan rings is 1. The van der Waals surface area contributed by atoms with Crippen LogP contribution < -0.4 is 0 Å². The predicted molar refractivity (Wildman–Crippen MR) is 80.1 cm³/mol. The Hall–Kier alpha value is -2.07. The lowest BCUT2D eigenvalue weighted by atomic mass is 9.94. The topological polar surface area (TPSA) is 70.7 Å². The molecule has 0 unspecified atom stereocenters. The fourth-order valence-electron chi connectivity index (χ4n) is 2.86. The van der Waals surface area contributed by atoms with Gasteiger partial charge >= 0.3 is 0 Å². The summed E-state index contributed by atoms with van der Waals surface area (Å²) in [6.45, 7) is 1.94. The van der Waals surface area contributed by atoms with Crippen molar-refractivity contribution in [3.05, 3.63) is 46.7 Å². The number of hydrogen-bond donors (Lipinski definition) is 2. The lowest BCUT2D eigenvalue weighted by molar-refractivity contribution is -0.122. The van der Waals surface area contributed by atoms with Crippen LogP contribution in [0.2, 0.25) is 0 Å². The minimum atomic E-state index is -0.250. The molecule has 1 aromatic heterocycles. The summed E-state index contributed by atoms with van der Waals surface area (Å²) in [7, 11) is 0. The van der Waals surface area contributed by atoms with Crippen LogP contribution in [-0.2, 0) is 24.2 Å². The van der Waals surface area contributed by atoms with Gasteiger partial charge in [-0.05, 0) is 42.9 Å². The van der Waals surface area contributed by atoms with Crippen LogP contribution in [0.4, 0.5) is 0 Å². The van der Waals surface area contributed by atoms with Gasteiger partial charge in [-0.15, -0.1) is 0 Å². The van der Waals surface area contributed by atoms with Gasteiger partial charge in [0.1, 0.15) is 11.5 Å². The summed E-state index contributed by atoms with van der Waals surface area (Å²) in [5, 5.41) is 16.3. The molecular formula is C17H20O4. The number of rotatable bonds is 2. The molecule has 1 aliphatic rings. The van der Waals surface area contributed by atoms with Gasteiger partial charge in [0.25, 0.3) is 6.47 Å². The number of benzene rings is 1. The first-order valence-corrected chi connectivity index (χ1v) is 7.11. The molecule has 0 saturated carbocycles. The van der Waals surface area contributed by atoms with Crippen LogP contribution >= 0.6 is 0 Å². The highest BCUT2D eigenvalue weighted by atomic mass is 16.3. The number of hydrogen-bond acceptors (Lipinski definition) is 3. The highest BCUT2D eigenvalue weighted by Gasteiger charge is 2.21. The van der Waals surface area contributed by atoms with E-state index in [2.05, 4.69) is 6.92 Å². The summed E-state index contributed by atoms with van der Waals surface area (Å²) >= 11 is 0. The molecule has 3 rings (SSSR count). The Bertz CT molecular complexity index is 613. The van der Waals surface area contributed by atoms with Crippen LogP contribution in [0.25, 0.3) is 11.3 Å². The van der Waals surface area contributed by atoms with Crippen molar-refractivity contribution < 1.29 is 19.4 Å². The summed E-state index contributed by atoms with van der Waals surface area (Å²) in [4.78, 5) is 8.36. The molecule has 0 bridgehead atoms. The fraction of sp³-hybridized carbons (Fsp3) is 0.353. The fourth-order valence-corrected chi connectivity index (χ4v) is 2.86. The van der Waals surface area contributed by atoms with Crippen molar-refractivity contribution in [2.45, 2.75) is 39.2 Å². The van der Waals surface area contributed by atoms with E-state index in [-0.39, 0.29) is 13.1 Å². The molecule has 0 atom stereocenters. The van der Waals surface area contributed by atoms with Crippen molar-refractivity contribution in [1.82, 2.24) is 0 Å². The average molecular weight is 288 g/mol. The van der Waals surface area contributed by atoms with Gasteiger partial charge < -0.3 is 14.6 Å². The first-order chi connectivity index (χ1) is 10.2. The maximum absolute atomic E-state index is 9.43. The van der Waals surface area contributed by atoms with Gasteiger partial charge in [0, 0.05) is 12.0 Å².